The molecule has 1 rings (SSSR count). The largest absolute Gasteiger partial charge is 0.357 e. The van der Waals surface area contributed by atoms with Crippen molar-refractivity contribution >= 4 is 27.6 Å². The fraction of sp³-hybridized carbons (Fsp3) is 0.533. The number of benzene rings is 1. The van der Waals surface area contributed by atoms with Gasteiger partial charge in [-0.25, -0.2) is 8.42 Å². The summed E-state index contributed by atoms with van der Waals surface area (Å²) in [4.78, 5) is 5.73. The molecule has 0 aliphatic rings. The van der Waals surface area contributed by atoms with Gasteiger partial charge in [-0.2, -0.15) is 0 Å². The molecule has 124 valence electrons. The van der Waals surface area contributed by atoms with Gasteiger partial charge in [0.15, 0.2) is 5.96 Å². The first kappa shape index (κ1) is 18.8. The Morgan fingerprint density at radius 1 is 1.27 bits per heavy atom. The lowest BCUT2D eigenvalue weighted by Crippen LogP contribution is -2.39. The van der Waals surface area contributed by atoms with E-state index in [0.717, 1.165) is 6.54 Å². The summed E-state index contributed by atoms with van der Waals surface area (Å²) >= 11 is 1.77. The van der Waals surface area contributed by atoms with Crippen LogP contribution in [0.15, 0.2) is 40.2 Å². The molecule has 0 fully saturated rings. The van der Waals surface area contributed by atoms with Gasteiger partial charge < -0.3 is 10.6 Å². The SMILES string of the molecule is CCNC(=NCC(C)Sc1ccccc1)NCCS(C)(=O)=O. The van der Waals surface area contributed by atoms with E-state index in [2.05, 4.69) is 34.7 Å². The molecule has 22 heavy (non-hydrogen) atoms. The Balaban J connectivity index is 2.46. The number of nitrogens with one attached hydrogen (secondary N) is 2. The van der Waals surface area contributed by atoms with Gasteiger partial charge in [-0.1, -0.05) is 25.1 Å². The van der Waals surface area contributed by atoms with Crippen LogP contribution in [0.25, 0.3) is 0 Å². The first-order valence-electron chi connectivity index (χ1n) is 7.32. The molecule has 2 N–H and O–H groups in total. The summed E-state index contributed by atoms with van der Waals surface area (Å²) in [7, 11) is -2.96. The maximum atomic E-state index is 11.1. The van der Waals surface area contributed by atoms with E-state index in [0.29, 0.717) is 24.3 Å². The van der Waals surface area contributed by atoms with E-state index in [9.17, 15) is 8.42 Å². The Hall–Kier alpha value is -1.21. The first-order chi connectivity index (χ1) is 10.4. The van der Waals surface area contributed by atoms with E-state index in [4.69, 9.17) is 0 Å². The van der Waals surface area contributed by atoms with Gasteiger partial charge in [-0.3, -0.25) is 4.99 Å². The molecule has 0 saturated carbocycles. The van der Waals surface area contributed by atoms with Crippen molar-refractivity contribution in [1.82, 2.24) is 10.6 Å². The lowest BCUT2D eigenvalue weighted by Gasteiger charge is -2.13. The van der Waals surface area contributed by atoms with Crippen molar-refractivity contribution in [2.75, 3.05) is 31.6 Å². The van der Waals surface area contributed by atoms with Crippen LogP contribution in [0, 0.1) is 0 Å². The highest BCUT2D eigenvalue weighted by Crippen LogP contribution is 2.22. The van der Waals surface area contributed by atoms with Crippen molar-refractivity contribution in [3.05, 3.63) is 30.3 Å². The van der Waals surface area contributed by atoms with E-state index in [1.807, 2.05) is 25.1 Å². The van der Waals surface area contributed by atoms with E-state index in [1.165, 1.54) is 11.2 Å². The fourth-order valence-corrected chi connectivity index (χ4v) is 3.09. The van der Waals surface area contributed by atoms with Gasteiger partial charge in [0.2, 0.25) is 0 Å². The maximum absolute atomic E-state index is 11.1. The second kappa shape index (κ2) is 9.74. The highest BCUT2D eigenvalue weighted by Gasteiger charge is 2.06. The number of thioether (sulfide) groups is 1. The highest BCUT2D eigenvalue weighted by atomic mass is 32.2. The third-order valence-corrected chi connectivity index (χ3v) is 4.74. The minimum atomic E-state index is -2.96. The molecule has 0 spiro atoms. The molecule has 1 atom stereocenters. The van der Waals surface area contributed by atoms with Crippen molar-refractivity contribution in [1.29, 1.82) is 0 Å². The van der Waals surface area contributed by atoms with Crippen LogP contribution in [0.2, 0.25) is 0 Å². The third kappa shape index (κ3) is 8.94. The van der Waals surface area contributed by atoms with E-state index in [-0.39, 0.29) is 5.75 Å². The van der Waals surface area contributed by atoms with Crippen LogP contribution in [0.1, 0.15) is 13.8 Å². The number of hydrogen-bond donors (Lipinski definition) is 2. The highest BCUT2D eigenvalue weighted by molar-refractivity contribution is 8.00. The number of rotatable bonds is 8. The Bertz CT molecular complexity index is 559. The molecule has 1 unspecified atom stereocenters. The predicted octanol–water partition coefficient (Wildman–Crippen LogP) is 1.77. The van der Waals surface area contributed by atoms with E-state index in [1.54, 1.807) is 11.8 Å². The van der Waals surface area contributed by atoms with Crippen molar-refractivity contribution < 1.29 is 8.42 Å². The average Bonchev–Trinajstić information content (AvgIpc) is 2.44. The smallest absolute Gasteiger partial charge is 0.191 e. The average molecular weight is 344 g/mol. The molecule has 5 nitrogen and oxygen atoms in total. The summed E-state index contributed by atoms with van der Waals surface area (Å²) in [6.45, 7) is 5.88. The number of sulfone groups is 1. The summed E-state index contributed by atoms with van der Waals surface area (Å²) in [5.41, 5.74) is 0. The Labute approximate surface area is 137 Å². The lowest BCUT2D eigenvalue weighted by atomic mass is 10.4. The number of aliphatic imine (C=N–C) groups is 1. The molecule has 0 amide bonds. The monoisotopic (exact) mass is 343 g/mol. The zero-order chi connectivity index (χ0) is 16.4. The lowest BCUT2D eigenvalue weighted by molar-refractivity contribution is 0.600. The van der Waals surface area contributed by atoms with Gasteiger partial charge in [0, 0.05) is 29.5 Å². The molecular formula is C15H25N3O2S2. The van der Waals surface area contributed by atoms with Crippen LogP contribution in [0.4, 0.5) is 0 Å². The molecule has 0 saturated heterocycles. The van der Waals surface area contributed by atoms with Gasteiger partial charge in [0.05, 0.1) is 12.3 Å². The minimum absolute atomic E-state index is 0.103. The summed E-state index contributed by atoms with van der Waals surface area (Å²) in [6.07, 6.45) is 1.23. The summed E-state index contributed by atoms with van der Waals surface area (Å²) in [5, 5.41) is 6.51. The van der Waals surface area contributed by atoms with Crippen molar-refractivity contribution in [3.8, 4) is 0 Å². The Kier molecular flexibility index (Phi) is 8.34. The molecule has 0 aliphatic heterocycles. The second-order valence-electron chi connectivity index (χ2n) is 5.02. The Morgan fingerprint density at radius 3 is 2.55 bits per heavy atom. The summed E-state index contributed by atoms with van der Waals surface area (Å²) in [6, 6.07) is 10.2. The second-order valence-corrected chi connectivity index (χ2v) is 8.79. The van der Waals surface area contributed by atoms with Gasteiger partial charge >= 0.3 is 0 Å². The minimum Gasteiger partial charge on any atom is -0.357 e. The number of nitrogens with zero attached hydrogens (tertiary/aromatic N) is 1. The summed E-state index contributed by atoms with van der Waals surface area (Å²) < 4.78 is 22.3. The topological polar surface area (TPSA) is 70.6 Å². The summed E-state index contributed by atoms with van der Waals surface area (Å²) in [5.74, 6) is 0.762. The van der Waals surface area contributed by atoms with Crippen molar-refractivity contribution in [3.63, 3.8) is 0 Å². The molecule has 7 heteroatoms. The van der Waals surface area contributed by atoms with Crippen LogP contribution in [0.5, 0.6) is 0 Å². The molecule has 0 radical (unpaired) electrons. The molecule has 1 aromatic rings. The van der Waals surface area contributed by atoms with Crippen LogP contribution in [-0.4, -0.2) is 51.3 Å². The predicted molar refractivity (Wildman–Crippen MR) is 95.5 cm³/mol. The van der Waals surface area contributed by atoms with Crippen LogP contribution >= 0.6 is 11.8 Å². The van der Waals surface area contributed by atoms with Crippen molar-refractivity contribution in [2.24, 2.45) is 4.99 Å². The van der Waals surface area contributed by atoms with E-state index < -0.39 is 9.84 Å². The molecule has 0 bridgehead atoms. The first-order valence-corrected chi connectivity index (χ1v) is 10.3. The molecule has 0 heterocycles. The van der Waals surface area contributed by atoms with Crippen LogP contribution in [-0.2, 0) is 9.84 Å². The van der Waals surface area contributed by atoms with Crippen molar-refractivity contribution in [2.45, 2.75) is 24.0 Å². The normalized spacial score (nSPS) is 13.7. The van der Waals surface area contributed by atoms with E-state index >= 15 is 0 Å². The maximum Gasteiger partial charge on any atom is 0.191 e. The fourth-order valence-electron chi connectivity index (χ4n) is 1.69. The van der Waals surface area contributed by atoms with Gasteiger partial charge in [-0.15, -0.1) is 11.8 Å². The third-order valence-electron chi connectivity index (χ3n) is 2.70. The number of hydrogen-bond acceptors (Lipinski definition) is 4. The van der Waals surface area contributed by atoms with Gasteiger partial charge in [0.1, 0.15) is 9.84 Å². The van der Waals surface area contributed by atoms with Gasteiger partial charge in [0.25, 0.3) is 0 Å². The number of guanidine groups is 1. The van der Waals surface area contributed by atoms with Crippen LogP contribution < -0.4 is 10.6 Å². The van der Waals surface area contributed by atoms with Crippen LogP contribution in [0.3, 0.4) is 0 Å². The zero-order valence-electron chi connectivity index (χ0n) is 13.4. The zero-order valence-corrected chi connectivity index (χ0v) is 15.0. The molecule has 1 aromatic carbocycles. The quantitative estimate of drug-likeness (QED) is 0.428. The Morgan fingerprint density at radius 2 is 1.95 bits per heavy atom. The van der Waals surface area contributed by atoms with Gasteiger partial charge in [-0.05, 0) is 19.1 Å². The standard InChI is InChI=1S/C15H25N3O2S2/c1-4-16-15(17-10-11-22(3,19)20)18-12-13(2)21-14-8-6-5-7-9-14/h5-9,13H,4,10-12H2,1-3H3,(H2,16,17,18). The molecule has 0 aromatic heterocycles. The molecule has 0 aliphatic carbocycles. The molecular weight excluding hydrogens is 318 g/mol.